The monoisotopic (exact) mass is 339 g/mol. The number of hydrogen-bond donors (Lipinski definition) is 1. The topological polar surface area (TPSA) is 72.5 Å². The summed E-state index contributed by atoms with van der Waals surface area (Å²) >= 11 is 0. The SMILES string of the molecule is CCCOc1ccccc1CCCNC(=O)C1CCS(=O)(=O)C1. The summed E-state index contributed by atoms with van der Waals surface area (Å²) in [6, 6.07) is 7.94. The summed E-state index contributed by atoms with van der Waals surface area (Å²) in [7, 11) is -3.01. The quantitative estimate of drug-likeness (QED) is 0.735. The molecule has 5 nitrogen and oxygen atoms in total. The zero-order valence-electron chi connectivity index (χ0n) is 13.6. The van der Waals surface area contributed by atoms with Crippen LogP contribution in [0.1, 0.15) is 31.7 Å². The molecule has 0 spiro atoms. The van der Waals surface area contributed by atoms with Gasteiger partial charge in [-0.3, -0.25) is 4.79 Å². The van der Waals surface area contributed by atoms with Crippen LogP contribution in [-0.4, -0.2) is 39.0 Å². The molecule has 1 fully saturated rings. The Labute approximate surface area is 138 Å². The van der Waals surface area contributed by atoms with E-state index in [0.717, 1.165) is 30.6 Å². The van der Waals surface area contributed by atoms with Crippen molar-refractivity contribution in [2.24, 2.45) is 5.92 Å². The van der Waals surface area contributed by atoms with Crippen LogP contribution in [0, 0.1) is 5.92 Å². The highest BCUT2D eigenvalue weighted by molar-refractivity contribution is 7.91. The number of rotatable bonds is 8. The summed E-state index contributed by atoms with van der Waals surface area (Å²) in [4.78, 5) is 12.0. The molecule has 0 aliphatic carbocycles. The van der Waals surface area contributed by atoms with Gasteiger partial charge in [-0.1, -0.05) is 25.1 Å². The average molecular weight is 339 g/mol. The van der Waals surface area contributed by atoms with Crippen LogP contribution in [0.2, 0.25) is 0 Å². The molecule has 0 saturated carbocycles. The first kappa shape index (κ1) is 17.8. The molecule has 1 aromatic rings. The van der Waals surface area contributed by atoms with Crippen LogP contribution in [0.15, 0.2) is 24.3 Å². The van der Waals surface area contributed by atoms with Gasteiger partial charge < -0.3 is 10.1 Å². The standard InChI is InChI=1S/C17H25NO4S/c1-2-11-22-16-8-4-3-6-14(16)7-5-10-18-17(19)15-9-12-23(20,21)13-15/h3-4,6,8,15H,2,5,7,9-13H2,1H3,(H,18,19). The highest BCUT2D eigenvalue weighted by Crippen LogP contribution is 2.20. The summed E-state index contributed by atoms with van der Waals surface area (Å²) < 4.78 is 28.5. The molecule has 1 amide bonds. The van der Waals surface area contributed by atoms with Gasteiger partial charge in [-0.05, 0) is 37.3 Å². The number of sulfone groups is 1. The maximum atomic E-state index is 12.0. The molecule has 6 heteroatoms. The van der Waals surface area contributed by atoms with Crippen molar-refractivity contribution in [1.82, 2.24) is 5.32 Å². The molecule has 128 valence electrons. The highest BCUT2D eigenvalue weighted by atomic mass is 32.2. The molecule has 1 N–H and O–H groups in total. The third-order valence-electron chi connectivity index (χ3n) is 3.96. The first-order valence-corrected chi connectivity index (χ1v) is 10.0. The van der Waals surface area contributed by atoms with Crippen LogP contribution in [0.4, 0.5) is 0 Å². The van der Waals surface area contributed by atoms with Gasteiger partial charge in [0.15, 0.2) is 9.84 Å². The Morgan fingerprint density at radius 2 is 2.13 bits per heavy atom. The number of carbonyl (C=O) groups excluding carboxylic acids is 1. The van der Waals surface area contributed by atoms with Crippen molar-refractivity contribution in [2.75, 3.05) is 24.7 Å². The zero-order chi connectivity index (χ0) is 16.7. The van der Waals surface area contributed by atoms with Crippen molar-refractivity contribution in [1.29, 1.82) is 0 Å². The van der Waals surface area contributed by atoms with Gasteiger partial charge in [-0.15, -0.1) is 0 Å². The fourth-order valence-corrected chi connectivity index (χ4v) is 4.44. The number of hydrogen-bond acceptors (Lipinski definition) is 4. The van der Waals surface area contributed by atoms with E-state index in [0.29, 0.717) is 19.6 Å². The third kappa shape index (κ3) is 5.53. The van der Waals surface area contributed by atoms with Crippen molar-refractivity contribution >= 4 is 15.7 Å². The molecular formula is C17H25NO4S. The van der Waals surface area contributed by atoms with E-state index >= 15 is 0 Å². The molecule has 2 rings (SSSR count). The second-order valence-electron chi connectivity index (χ2n) is 5.95. The van der Waals surface area contributed by atoms with Gasteiger partial charge >= 0.3 is 0 Å². The van der Waals surface area contributed by atoms with Gasteiger partial charge in [0.25, 0.3) is 0 Å². The highest BCUT2D eigenvalue weighted by Gasteiger charge is 2.32. The number of amides is 1. The van der Waals surface area contributed by atoms with Gasteiger partial charge in [0, 0.05) is 6.54 Å². The molecular weight excluding hydrogens is 314 g/mol. The fourth-order valence-electron chi connectivity index (χ4n) is 2.70. The average Bonchev–Trinajstić information content (AvgIpc) is 2.90. The van der Waals surface area contributed by atoms with Crippen LogP contribution in [-0.2, 0) is 21.1 Å². The number of carbonyl (C=O) groups is 1. The van der Waals surface area contributed by atoms with Gasteiger partial charge in [-0.25, -0.2) is 8.42 Å². The van der Waals surface area contributed by atoms with Crippen molar-refractivity contribution in [3.05, 3.63) is 29.8 Å². The molecule has 23 heavy (non-hydrogen) atoms. The largest absolute Gasteiger partial charge is 0.493 e. The Morgan fingerprint density at radius 3 is 2.83 bits per heavy atom. The second-order valence-corrected chi connectivity index (χ2v) is 8.18. The van der Waals surface area contributed by atoms with Crippen LogP contribution >= 0.6 is 0 Å². The second kappa shape index (κ2) is 8.34. The normalized spacial score (nSPS) is 19.4. The molecule has 0 aromatic heterocycles. The van der Waals surface area contributed by atoms with Crippen LogP contribution in [0.5, 0.6) is 5.75 Å². The first-order valence-electron chi connectivity index (χ1n) is 8.20. The number of nitrogens with one attached hydrogen (secondary N) is 1. The summed E-state index contributed by atoms with van der Waals surface area (Å²) in [6.45, 7) is 3.32. The Kier molecular flexibility index (Phi) is 6.45. The maximum absolute atomic E-state index is 12.0. The van der Waals surface area contributed by atoms with Gasteiger partial charge in [-0.2, -0.15) is 0 Å². The van der Waals surface area contributed by atoms with Crippen molar-refractivity contribution in [3.63, 3.8) is 0 Å². The predicted molar refractivity (Wildman–Crippen MR) is 90.3 cm³/mol. The fraction of sp³-hybridized carbons (Fsp3) is 0.588. The van der Waals surface area contributed by atoms with E-state index in [1.54, 1.807) is 0 Å². The molecule has 1 saturated heterocycles. The molecule has 1 aliphatic heterocycles. The van der Waals surface area contributed by atoms with E-state index in [1.165, 1.54) is 0 Å². The van der Waals surface area contributed by atoms with Gasteiger partial charge in [0.1, 0.15) is 5.75 Å². The Morgan fingerprint density at radius 1 is 1.35 bits per heavy atom. The minimum atomic E-state index is -3.01. The molecule has 1 aliphatic rings. The third-order valence-corrected chi connectivity index (χ3v) is 5.73. The smallest absolute Gasteiger partial charge is 0.224 e. The number of benzene rings is 1. The van der Waals surface area contributed by atoms with E-state index in [4.69, 9.17) is 4.74 Å². The molecule has 1 aromatic carbocycles. The van der Waals surface area contributed by atoms with E-state index in [-0.39, 0.29) is 23.3 Å². The number of aryl methyl sites for hydroxylation is 1. The van der Waals surface area contributed by atoms with Crippen LogP contribution < -0.4 is 10.1 Å². The van der Waals surface area contributed by atoms with E-state index in [1.807, 2.05) is 24.3 Å². The maximum Gasteiger partial charge on any atom is 0.224 e. The van der Waals surface area contributed by atoms with Crippen LogP contribution in [0.25, 0.3) is 0 Å². The lowest BCUT2D eigenvalue weighted by Gasteiger charge is -2.12. The molecule has 1 heterocycles. The summed E-state index contributed by atoms with van der Waals surface area (Å²) in [5.74, 6) is 0.518. The van der Waals surface area contributed by atoms with Crippen molar-refractivity contribution in [3.8, 4) is 5.75 Å². The molecule has 1 unspecified atom stereocenters. The van der Waals surface area contributed by atoms with E-state index in [2.05, 4.69) is 12.2 Å². The molecule has 1 atom stereocenters. The lowest BCUT2D eigenvalue weighted by atomic mass is 10.1. The molecule has 0 bridgehead atoms. The lowest BCUT2D eigenvalue weighted by Crippen LogP contribution is -2.32. The number of ether oxygens (including phenoxy) is 1. The predicted octanol–water partition coefficient (Wildman–Crippen LogP) is 1.96. The Balaban J connectivity index is 1.74. The summed E-state index contributed by atoms with van der Waals surface area (Å²) in [5.41, 5.74) is 1.14. The van der Waals surface area contributed by atoms with E-state index in [9.17, 15) is 13.2 Å². The Hall–Kier alpha value is -1.56. The zero-order valence-corrected chi connectivity index (χ0v) is 14.4. The van der Waals surface area contributed by atoms with Crippen molar-refractivity contribution in [2.45, 2.75) is 32.6 Å². The molecule has 0 radical (unpaired) electrons. The first-order chi connectivity index (χ1) is 11.0. The lowest BCUT2D eigenvalue weighted by molar-refractivity contribution is -0.124. The minimum Gasteiger partial charge on any atom is -0.493 e. The minimum absolute atomic E-state index is 0.00742. The van der Waals surface area contributed by atoms with Crippen molar-refractivity contribution < 1.29 is 17.9 Å². The summed E-state index contributed by atoms with van der Waals surface area (Å²) in [6.07, 6.45) is 3.04. The number of para-hydroxylation sites is 1. The summed E-state index contributed by atoms with van der Waals surface area (Å²) in [5, 5.41) is 2.85. The van der Waals surface area contributed by atoms with E-state index < -0.39 is 9.84 Å². The van der Waals surface area contributed by atoms with Crippen LogP contribution in [0.3, 0.4) is 0 Å². The van der Waals surface area contributed by atoms with Gasteiger partial charge in [0.05, 0.1) is 24.0 Å². The Bertz CT molecular complexity index is 627. The van der Waals surface area contributed by atoms with Gasteiger partial charge in [0.2, 0.25) is 5.91 Å².